The van der Waals surface area contributed by atoms with Crippen LogP contribution in [0, 0.1) is 0 Å². The molecule has 1 aromatic carbocycles. The molecule has 0 radical (unpaired) electrons. The number of nitrogens with one attached hydrogen (secondary N) is 1. The number of benzene rings is 1. The van der Waals surface area contributed by atoms with Crippen molar-refractivity contribution < 1.29 is 9.53 Å². The van der Waals surface area contributed by atoms with Crippen molar-refractivity contribution in [2.24, 2.45) is 0 Å². The van der Waals surface area contributed by atoms with Gasteiger partial charge in [0.2, 0.25) is 0 Å². The minimum Gasteiger partial charge on any atom is -0.465 e. The van der Waals surface area contributed by atoms with Gasteiger partial charge in [-0.05, 0) is 34.1 Å². The molecule has 2 aromatic rings. The maximum absolute atomic E-state index is 11.8. The van der Waals surface area contributed by atoms with Crippen molar-refractivity contribution in [3.05, 3.63) is 48.0 Å². The Kier molecular flexibility index (Phi) is 5.49. The highest BCUT2D eigenvalue weighted by Crippen LogP contribution is 2.32. The highest BCUT2D eigenvalue weighted by Gasteiger charge is 2.16. The van der Waals surface area contributed by atoms with Gasteiger partial charge in [0.05, 0.1) is 23.4 Å². The Hall–Kier alpha value is -0.560. The van der Waals surface area contributed by atoms with Crippen molar-refractivity contribution in [2.75, 3.05) is 12.4 Å². The van der Waals surface area contributed by atoms with E-state index in [1.54, 1.807) is 17.4 Å². The Morgan fingerprint density at radius 3 is 2.75 bits per heavy atom. The highest BCUT2D eigenvalue weighted by molar-refractivity contribution is 9.11. The lowest BCUT2D eigenvalue weighted by Gasteiger charge is -2.13. The molecule has 0 fully saturated rings. The summed E-state index contributed by atoms with van der Waals surface area (Å²) in [5.74, 6) is -0.390. The molecule has 0 atom stereocenters. The van der Waals surface area contributed by atoms with Crippen LogP contribution in [0.4, 0.5) is 5.69 Å². The summed E-state index contributed by atoms with van der Waals surface area (Å²) < 4.78 is 6.39. The fourth-order valence-electron chi connectivity index (χ4n) is 1.65. The molecule has 1 N–H and O–H groups in total. The van der Waals surface area contributed by atoms with Crippen LogP contribution in [0.15, 0.2) is 32.5 Å². The number of thiophene rings is 1. The Morgan fingerprint density at radius 1 is 1.40 bits per heavy atom. The van der Waals surface area contributed by atoms with Gasteiger partial charge in [0.1, 0.15) is 0 Å². The van der Waals surface area contributed by atoms with Crippen LogP contribution in [0.3, 0.4) is 0 Å². The van der Waals surface area contributed by atoms with Crippen molar-refractivity contribution in [1.82, 2.24) is 0 Å². The maximum Gasteiger partial charge on any atom is 0.340 e. The maximum atomic E-state index is 11.8. The number of ether oxygens (including phenoxy) is 1. The Balaban J connectivity index is 2.27. The monoisotopic (exact) mass is 437 g/mol. The molecule has 0 amide bonds. The fraction of sp³-hybridized carbons (Fsp3) is 0.154. The van der Waals surface area contributed by atoms with Crippen molar-refractivity contribution in [2.45, 2.75) is 6.54 Å². The topological polar surface area (TPSA) is 38.3 Å². The van der Waals surface area contributed by atoms with Crippen molar-refractivity contribution in [3.63, 3.8) is 0 Å². The van der Waals surface area contributed by atoms with Gasteiger partial charge in [-0.1, -0.05) is 27.5 Å². The van der Waals surface area contributed by atoms with E-state index in [1.807, 2.05) is 17.5 Å². The molecule has 1 aromatic heterocycles. The molecule has 0 unspecified atom stereocenters. The molecule has 0 saturated heterocycles. The van der Waals surface area contributed by atoms with Crippen LogP contribution >= 0.6 is 54.8 Å². The van der Waals surface area contributed by atoms with Gasteiger partial charge < -0.3 is 10.1 Å². The summed E-state index contributed by atoms with van der Waals surface area (Å²) in [7, 11) is 1.36. The lowest BCUT2D eigenvalue weighted by Crippen LogP contribution is -2.08. The van der Waals surface area contributed by atoms with Gasteiger partial charge in [0.25, 0.3) is 0 Å². The van der Waals surface area contributed by atoms with Crippen LogP contribution in [-0.2, 0) is 11.3 Å². The highest BCUT2D eigenvalue weighted by atomic mass is 79.9. The van der Waals surface area contributed by atoms with E-state index in [4.69, 9.17) is 16.3 Å². The first-order valence-corrected chi connectivity index (χ1v) is 8.39. The number of hydrogen-bond acceptors (Lipinski definition) is 4. The minimum atomic E-state index is -0.390. The SMILES string of the molecule is COC(=O)c1cc(Br)cc(Br)c1NCc1cc(Cl)cs1. The number of esters is 1. The second kappa shape index (κ2) is 6.93. The molecular formula is C13H10Br2ClNO2S. The van der Waals surface area contributed by atoms with Gasteiger partial charge in [0, 0.05) is 25.7 Å². The Bertz CT molecular complexity index is 645. The van der Waals surface area contributed by atoms with Gasteiger partial charge in [-0.3, -0.25) is 0 Å². The molecule has 0 spiro atoms. The number of hydrogen-bond donors (Lipinski definition) is 1. The van der Waals surface area contributed by atoms with E-state index in [1.165, 1.54) is 7.11 Å². The van der Waals surface area contributed by atoms with Gasteiger partial charge in [-0.15, -0.1) is 11.3 Å². The quantitative estimate of drug-likeness (QED) is 0.655. The van der Waals surface area contributed by atoms with Gasteiger partial charge >= 0.3 is 5.97 Å². The summed E-state index contributed by atoms with van der Waals surface area (Å²) >= 11 is 14.3. The van der Waals surface area contributed by atoms with Crippen LogP contribution in [-0.4, -0.2) is 13.1 Å². The first-order chi connectivity index (χ1) is 9.51. The van der Waals surface area contributed by atoms with Gasteiger partial charge in [-0.2, -0.15) is 0 Å². The van der Waals surface area contributed by atoms with Gasteiger partial charge in [-0.25, -0.2) is 4.79 Å². The van der Waals surface area contributed by atoms with Crippen molar-refractivity contribution in [3.8, 4) is 0 Å². The van der Waals surface area contributed by atoms with E-state index in [0.29, 0.717) is 17.8 Å². The van der Waals surface area contributed by atoms with Gasteiger partial charge in [0.15, 0.2) is 0 Å². The van der Waals surface area contributed by atoms with Crippen molar-refractivity contribution >= 4 is 66.5 Å². The lowest BCUT2D eigenvalue weighted by atomic mass is 10.2. The number of carbonyl (C=O) groups excluding carboxylic acids is 1. The Morgan fingerprint density at radius 2 is 2.15 bits per heavy atom. The predicted molar refractivity (Wildman–Crippen MR) is 89.8 cm³/mol. The molecular weight excluding hydrogens is 429 g/mol. The third kappa shape index (κ3) is 3.75. The zero-order chi connectivity index (χ0) is 14.7. The molecule has 3 nitrogen and oxygen atoms in total. The molecule has 0 aliphatic carbocycles. The van der Waals surface area contributed by atoms with Crippen LogP contribution in [0.25, 0.3) is 0 Å². The molecule has 7 heteroatoms. The first kappa shape index (κ1) is 15.8. The standard InChI is InChI=1S/C13H10Br2ClNO2S/c1-19-13(18)10-2-7(14)3-11(15)12(10)17-5-9-4-8(16)6-20-9/h2-4,6,17H,5H2,1H3. The number of methoxy groups -OCH3 is 1. The summed E-state index contributed by atoms with van der Waals surface area (Å²) in [6, 6.07) is 5.49. The number of rotatable bonds is 4. The normalized spacial score (nSPS) is 10.4. The zero-order valence-corrected chi connectivity index (χ0v) is 15.1. The van der Waals surface area contributed by atoms with E-state index < -0.39 is 5.97 Å². The molecule has 0 aliphatic heterocycles. The smallest absolute Gasteiger partial charge is 0.340 e. The van der Waals surface area contributed by atoms with Crippen LogP contribution in [0.1, 0.15) is 15.2 Å². The number of halogens is 3. The molecule has 2 rings (SSSR count). The second-order valence-electron chi connectivity index (χ2n) is 3.89. The Labute approximate surface area is 142 Å². The summed E-state index contributed by atoms with van der Waals surface area (Å²) in [6.45, 7) is 0.585. The van der Waals surface area contributed by atoms with E-state index in [9.17, 15) is 4.79 Å². The molecule has 0 bridgehead atoms. The third-order valence-corrected chi connectivity index (χ3v) is 4.89. The number of anilines is 1. The molecule has 20 heavy (non-hydrogen) atoms. The van der Waals surface area contributed by atoms with E-state index >= 15 is 0 Å². The van der Waals surface area contributed by atoms with E-state index in [2.05, 4.69) is 37.2 Å². The average molecular weight is 440 g/mol. The third-order valence-electron chi connectivity index (χ3n) is 2.52. The van der Waals surface area contributed by atoms with E-state index in [-0.39, 0.29) is 0 Å². The summed E-state index contributed by atoms with van der Waals surface area (Å²) in [5, 5.41) is 5.83. The molecule has 0 saturated carbocycles. The van der Waals surface area contributed by atoms with Crippen molar-refractivity contribution in [1.29, 1.82) is 0 Å². The summed E-state index contributed by atoms with van der Waals surface area (Å²) in [5.41, 5.74) is 1.17. The van der Waals surface area contributed by atoms with Crippen LogP contribution in [0.5, 0.6) is 0 Å². The zero-order valence-electron chi connectivity index (χ0n) is 10.4. The molecule has 0 aliphatic rings. The van der Waals surface area contributed by atoms with Crippen LogP contribution in [0.2, 0.25) is 5.02 Å². The lowest BCUT2D eigenvalue weighted by molar-refractivity contribution is 0.0601. The predicted octanol–water partition coefficient (Wildman–Crippen LogP) is 5.33. The minimum absolute atomic E-state index is 0.390. The summed E-state index contributed by atoms with van der Waals surface area (Å²) in [6.07, 6.45) is 0. The average Bonchev–Trinajstić information content (AvgIpc) is 2.81. The largest absolute Gasteiger partial charge is 0.465 e. The first-order valence-electron chi connectivity index (χ1n) is 5.55. The number of carbonyl (C=O) groups is 1. The van der Waals surface area contributed by atoms with Crippen LogP contribution < -0.4 is 5.32 Å². The molecule has 106 valence electrons. The second-order valence-corrected chi connectivity index (χ2v) is 7.09. The summed E-state index contributed by atoms with van der Waals surface area (Å²) in [4.78, 5) is 12.9. The van der Waals surface area contributed by atoms with E-state index in [0.717, 1.165) is 18.8 Å². The molecule has 1 heterocycles. The fourth-order valence-corrected chi connectivity index (χ4v) is 4.02.